The Kier molecular flexibility index (Phi) is 5.18. The summed E-state index contributed by atoms with van der Waals surface area (Å²) in [6, 6.07) is 1.86. The second-order valence-corrected chi connectivity index (χ2v) is 4.91. The lowest BCUT2D eigenvalue weighted by atomic mass is 9.73. The summed E-state index contributed by atoms with van der Waals surface area (Å²) < 4.78 is 38.6. The van der Waals surface area contributed by atoms with Gasteiger partial charge in [0.15, 0.2) is 5.78 Å². The molecule has 0 spiro atoms. The summed E-state index contributed by atoms with van der Waals surface area (Å²) in [5.74, 6) is -3.93. The van der Waals surface area contributed by atoms with Crippen LogP contribution in [0.2, 0.25) is 0 Å². The highest BCUT2D eigenvalue weighted by Gasteiger charge is 2.48. The van der Waals surface area contributed by atoms with Crippen molar-refractivity contribution in [2.45, 2.75) is 51.6 Å². The SMILES string of the molecule is CCCC(C#N)C(=O)C1CCCCC1C(F)(F)F. The van der Waals surface area contributed by atoms with E-state index in [-0.39, 0.29) is 12.8 Å². The third-order valence-corrected chi connectivity index (χ3v) is 3.63. The Morgan fingerprint density at radius 1 is 1.39 bits per heavy atom. The lowest BCUT2D eigenvalue weighted by Gasteiger charge is -2.32. The van der Waals surface area contributed by atoms with E-state index in [4.69, 9.17) is 5.26 Å². The number of nitrogens with zero attached hydrogens (tertiary/aromatic N) is 1. The maximum Gasteiger partial charge on any atom is 0.392 e. The molecular formula is C13H18F3NO. The van der Waals surface area contributed by atoms with E-state index in [9.17, 15) is 18.0 Å². The molecule has 0 N–H and O–H groups in total. The fourth-order valence-corrected chi connectivity index (χ4v) is 2.68. The summed E-state index contributed by atoms with van der Waals surface area (Å²) in [4.78, 5) is 12.1. The molecule has 0 amide bonds. The number of carbonyl (C=O) groups excluding carboxylic acids is 1. The van der Waals surface area contributed by atoms with Crippen LogP contribution in [-0.2, 0) is 4.79 Å². The van der Waals surface area contributed by atoms with Crippen LogP contribution in [-0.4, -0.2) is 12.0 Å². The normalized spacial score (nSPS) is 26.4. The third-order valence-electron chi connectivity index (χ3n) is 3.63. The van der Waals surface area contributed by atoms with E-state index >= 15 is 0 Å². The molecule has 102 valence electrons. The van der Waals surface area contributed by atoms with Crippen LogP contribution < -0.4 is 0 Å². The number of carbonyl (C=O) groups is 1. The molecule has 0 bridgehead atoms. The standard InChI is InChI=1S/C13H18F3NO/c1-2-5-9(8-17)12(18)10-6-3-4-7-11(10)13(14,15)16/h9-11H,2-7H2,1H3. The van der Waals surface area contributed by atoms with Crippen molar-refractivity contribution in [3.05, 3.63) is 0 Å². The van der Waals surface area contributed by atoms with Crippen LogP contribution in [0.1, 0.15) is 45.4 Å². The average Bonchev–Trinajstić information content (AvgIpc) is 2.34. The number of nitriles is 1. The van der Waals surface area contributed by atoms with E-state index in [0.29, 0.717) is 25.7 Å². The lowest BCUT2D eigenvalue weighted by molar-refractivity contribution is -0.198. The molecular weight excluding hydrogens is 243 g/mol. The van der Waals surface area contributed by atoms with Crippen LogP contribution in [0, 0.1) is 29.1 Å². The van der Waals surface area contributed by atoms with Crippen molar-refractivity contribution in [2.24, 2.45) is 17.8 Å². The smallest absolute Gasteiger partial charge is 0.298 e. The van der Waals surface area contributed by atoms with Gasteiger partial charge in [-0.25, -0.2) is 0 Å². The van der Waals surface area contributed by atoms with E-state index in [0.717, 1.165) is 0 Å². The van der Waals surface area contributed by atoms with Gasteiger partial charge in [-0.05, 0) is 19.3 Å². The van der Waals surface area contributed by atoms with Crippen LogP contribution in [0.5, 0.6) is 0 Å². The Morgan fingerprint density at radius 2 is 2.00 bits per heavy atom. The van der Waals surface area contributed by atoms with Crippen molar-refractivity contribution in [1.29, 1.82) is 5.26 Å². The second-order valence-electron chi connectivity index (χ2n) is 4.91. The van der Waals surface area contributed by atoms with Crippen molar-refractivity contribution < 1.29 is 18.0 Å². The Labute approximate surface area is 105 Å². The van der Waals surface area contributed by atoms with Gasteiger partial charge in [0.25, 0.3) is 0 Å². The quantitative estimate of drug-likeness (QED) is 0.770. The van der Waals surface area contributed by atoms with E-state index in [1.54, 1.807) is 0 Å². The fourth-order valence-electron chi connectivity index (χ4n) is 2.68. The molecule has 1 aliphatic rings. The zero-order valence-corrected chi connectivity index (χ0v) is 10.5. The van der Waals surface area contributed by atoms with Crippen LogP contribution in [0.4, 0.5) is 13.2 Å². The molecule has 1 aliphatic carbocycles. The van der Waals surface area contributed by atoms with Crippen LogP contribution in [0.15, 0.2) is 0 Å². The Bertz CT molecular complexity index is 332. The number of hydrogen-bond acceptors (Lipinski definition) is 2. The van der Waals surface area contributed by atoms with Gasteiger partial charge in [0.05, 0.1) is 12.0 Å². The van der Waals surface area contributed by atoms with Crippen LogP contribution in [0.3, 0.4) is 0 Å². The van der Waals surface area contributed by atoms with E-state index in [1.165, 1.54) is 0 Å². The molecule has 0 saturated heterocycles. The maximum atomic E-state index is 12.9. The summed E-state index contributed by atoms with van der Waals surface area (Å²) >= 11 is 0. The Balaban J connectivity index is 2.84. The summed E-state index contributed by atoms with van der Waals surface area (Å²) in [5.41, 5.74) is 0. The van der Waals surface area contributed by atoms with Crippen LogP contribution >= 0.6 is 0 Å². The molecule has 3 unspecified atom stereocenters. The second kappa shape index (κ2) is 6.21. The number of hydrogen-bond donors (Lipinski definition) is 0. The molecule has 1 saturated carbocycles. The molecule has 2 nitrogen and oxygen atoms in total. The first kappa shape index (κ1) is 15.0. The maximum absolute atomic E-state index is 12.9. The Morgan fingerprint density at radius 3 is 2.50 bits per heavy atom. The molecule has 3 atom stereocenters. The Hall–Kier alpha value is -1.05. The highest BCUT2D eigenvalue weighted by molar-refractivity contribution is 5.86. The van der Waals surface area contributed by atoms with Crippen molar-refractivity contribution in [3.8, 4) is 6.07 Å². The number of rotatable bonds is 4. The zero-order chi connectivity index (χ0) is 13.8. The molecule has 5 heteroatoms. The molecule has 0 radical (unpaired) electrons. The first-order valence-electron chi connectivity index (χ1n) is 6.41. The topological polar surface area (TPSA) is 40.9 Å². The van der Waals surface area contributed by atoms with Gasteiger partial charge >= 0.3 is 6.18 Å². The highest BCUT2D eigenvalue weighted by Crippen LogP contribution is 2.42. The third kappa shape index (κ3) is 3.47. The molecule has 18 heavy (non-hydrogen) atoms. The number of Topliss-reactive ketones (excluding diaryl/α,β-unsaturated/α-hetero) is 1. The van der Waals surface area contributed by atoms with Gasteiger partial charge in [0.2, 0.25) is 0 Å². The van der Waals surface area contributed by atoms with Gasteiger partial charge in [0, 0.05) is 5.92 Å². The summed E-state index contributed by atoms with van der Waals surface area (Å²) in [7, 11) is 0. The molecule has 0 heterocycles. The predicted octanol–water partition coefficient (Wildman–Crippen LogP) is 3.86. The minimum Gasteiger partial charge on any atom is -0.298 e. The van der Waals surface area contributed by atoms with Gasteiger partial charge in [-0.3, -0.25) is 4.79 Å². The number of ketones is 1. The van der Waals surface area contributed by atoms with Crippen molar-refractivity contribution in [1.82, 2.24) is 0 Å². The van der Waals surface area contributed by atoms with Gasteiger partial charge in [0.1, 0.15) is 5.92 Å². The monoisotopic (exact) mass is 261 g/mol. The molecule has 0 aliphatic heterocycles. The van der Waals surface area contributed by atoms with E-state index in [2.05, 4.69) is 0 Å². The minimum absolute atomic E-state index is 0.0180. The fraction of sp³-hybridized carbons (Fsp3) is 0.846. The van der Waals surface area contributed by atoms with Crippen molar-refractivity contribution >= 4 is 5.78 Å². The summed E-state index contributed by atoms with van der Waals surface area (Å²) in [6.45, 7) is 1.82. The van der Waals surface area contributed by atoms with Crippen molar-refractivity contribution in [2.75, 3.05) is 0 Å². The molecule has 1 fully saturated rings. The summed E-state index contributed by atoms with van der Waals surface area (Å²) in [6.07, 6.45) is -1.89. The van der Waals surface area contributed by atoms with Gasteiger partial charge < -0.3 is 0 Å². The molecule has 1 rings (SSSR count). The van der Waals surface area contributed by atoms with Gasteiger partial charge in [-0.2, -0.15) is 18.4 Å². The van der Waals surface area contributed by atoms with E-state index in [1.807, 2.05) is 13.0 Å². The van der Waals surface area contributed by atoms with Gasteiger partial charge in [-0.15, -0.1) is 0 Å². The largest absolute Gasteiger partial charge is 0.392 e. The summed E-state index contributed by atoms with van der Waals surface area (Å²) in [5, 5.41) is 8.90. The predicted molar refractivity (Wildman–Crippen MR) is 60.5 cm³/mol. The average molecular weight is 261 g/mol. The zero-order valence-electron chi connectivity index (χ0n) is 10.5. The van der Waals surface area contributed by atoms with Crippen molar-refractivity contribution in [3.63, 3.8) is 0 Å². The number of alkyl halides is 3. The number of halogens is 3. The molecule has 0 aromatic heterocycles. The minimum atomic E-state index is -4.33. The first-order chi connectivity index (χ1) is 8.41. The first-order valence-corrected chi connectivity index (χ1v) is 6.41. The van der Waals surface area contributed by atoms with E-state index < -0.39 is 29.7 Å². The van der Waals surface area contributed by atoms with Crippen LogP contribution in [0.25, 0.3) is 0 Å². The highest BCUT2D eigenvalue weighted by atomic mass is 19.4. The molecule has 0 aromatic rings. The molecule has 0 aromatic carbocycles. The lowest BCUT2D eigenvalue weighted by Crippen LogP contribution is -2.39. The van der Waals surface area contributed by atoms with Gasteiger partial charge in [-0.1, -0.05) is 26.2 Å².